The second kappa shape index (κ2) is 6.90. The van der Waals surface area contributed by atoms with E-state index in [9.17, 15) is 5.11 Å². The van der Waals surface area contributed by atoms with Crippen molar-refractivity contribution in [3.8, 4) is 0 Å². The minimum Gasteiger partial charge on any atom is -0.392 e. The monoisotopic (exact) mass is 286 g/mol. The molecular weight excluding hydrogens is 260 g/mol. The summed E-state index contributed by atoms with van der Waals surface area (Å²) in [5.74, 6) is 0. The molecule has 0 aliphatic carbocycles. The van der Waals surface area contributed by atoms with Gasteiger partial charge in [-0.25, -0.2) is 0 Å². The van der Waals surface area contributed by atoms with E-state index < -0.39 is 0 Å². The van der Waals surface area contributed by atoms with Gasteiger partial charge in [0.15, 0.2) is 0 Å². The van der Waals surface area contributed by atoms with E-state index in [1.54, 1.807) is 0 Å². The molecule has 2 aromatic rings. The Morgan fingerprint density at radius 2 is 1.90 bits per heavy atom. The molecule has 0 spiro atoms. The maximum absolute atomic E-state index is 10.3. The second-order valence-electron chi connectivity index (χ2n) is 6.03. The molecular formula is C18H26N2O. The normalized spacial score (nSPS) is 14.1. The number of hydrogen-bond donors (Lipinski definition) is 1. The van der Waals surface area contributed by atoms with Crippen molar-refractivity contribution in [2.45, 2.75) is 59.1 Å². The summed E-state index contributed by atoms with van der Waals surface area (Å²) >= 11 is 0. The Balaban J connectivity index is 1.96. The van der Waals surface area contributed by atoms with Gasteiger partial charge in [0.1, 0.15) is 0 Å². The van der Waals surface area contributed by atoms with Gasteiger partial charge in [-0.2, -0.15) is 5.10 Å². The van der Waals surface area contributed by atoms with Crippen molar-refractivity contribution in [3.63, 3.8) is 0 Å². The third-order valence-corrected chi connectivity index (χ3v) is 4.19. The third-order valence-electron chi connectivity index (χ3n) is 4.19. The largest absolute Gasteiger partial charge is 0.392 e. The highest BCUT2D eigenvalue weighted by molar-refractivity contribution is 5.30. The molecule has 0 aliphatic rings. The van der Waals surface area contributed by atoms with Crippen LogP contribution in [0.25, 0.3) is 0 Å². The number of aromatic nitrogens is 2. The van der Waals surface area contributed by atoms with Crippen LogP contribution in [0, 0.1) is 13.8 Å². The first-order valence-electron chi connectivity index (χ1n) is 7.77. The standard InChI is InChI=1S/C18H26N2O/c1-5-15(4)20-9-8-17(19-20)12-18(21)11-16-7-6-13(2)14(3)10-16/h6-10,15,18,21H,5,11-12H2,1-4H3. The lowest BCUT2D eigenvalue weighted by Gasteiger charge is -2.11. The first-order valence-corrected chi connectivity index (χ1v) is 7.77. The number of rotatable bonds is 6. The van der Waals surface area contributed by atoms with Crippen molar-refractivity contribution < 1.29 is 5.11 Å². The molecule has 0 bridgehead atoms. The number of aryl methyl sites for hydroxylation is 2. The van der Waals surface area contributed by atoms with Crippen LogP contribution in [-0.2, 0) is 12.8 Å². The van der Waals surface area contributed by atoms with Crippen LogP contribution in [0.2, 0.25) is 0 Å². The minimum absolute atomic E-state index is 0.382. The van der Waals surface area contributed by atoms with Crippen LogP contribution in [0.4, 0.5) is 0 Å². The highest BCUT2D eigenvalue weighted by atomic mass is 16.3. The molecule has 0 aliphatic heterocycles. The van der Waals surface area contributed by atoms with Gasteiger partial charge >= 0.3 is 0 Å². The van der Waals surface area contributed by atoms with Gasteiger partial charge in [-0.05, 0) is 56.4 Å². The summed E-state index contributed by atoms with van der Waals surface area (Å²) < 4.78 is 1.98. The SMILES string of the molecule is CCC(C)n1ccc(CC(O)Cc2ccc(C)c(C)c2)n1. The molecule has 0 fully saturated rings. The molecule has 0 amide bonds. The third kappa shape index (κ3) is 4.18. The molecule has 1 aromatic carbocycles. The summed E-state index contributed by atoms with van der Waals surface area (Å²) in [6, 6.07) is 8.81. The fraction of sp³-hybridized carbons (Fsp3) is 0.500. The van der Waals surface area contributed by atoms with Crippen molar-refractivity contribution in [1.82, 2.24) is 9.78 Å². The van der Waals surface area contributed by atoms with Gasteiger partial charge in [-0.15, -0.1) is 0 Å². The highest BCUT2D eigenvalue weighted by Gasteiger charge is 2.11. The van der Waals surface area contributed by atoms with Crippen molar-refractivity contribution in [1.29, 1.82) is 0 Å². The Labute approximate surface area is 127 Å². The highest BCUT2D eigenvalue weighted by Crippen LogP contribution is 2.14. The van der Waals surface area contributed by atoms with Crippen LogP contribution in [0.15, 0.2) is 30.5 Å². The van der Waals surface area contributed by atoms with Crippen LogP contribution in [0.3, 0.4) is 0 Å². The Morgan fingerprint density at radius 3 is 2.57 bits per heavy atom. The van der Waals surface area contributed by atoms with Gasteiger partial charge in [0.2, 0.25) is 0 Å². The molecule has 2 unspecified atom stereocenters. The molecule has 1 N–H and O–H groups in total. The fourth-order valence-corrected chi connectivity index (χ4v) is 2.43. The maximum atomic E-state index is 10.3. The lowest BCUT2D eigenvalue weighted by molar-refractivity contribution is 0.174. The molecule has 1 heterocycles. The Bertz CT molecular complexity index is 589. The number of benzene rings is 1. The Kier molecular flexibility index (Phi) is 5.18. The zero-order valence-electron chi connectivity index (χ0n) is 13.5. The average molecular weight is 286 g/mol. The van der Waals surface area contributed by atoms with Gasteiger partial charge in [0.25, 0.3) is 0 Å². The van der Waals surface area contributed by atoms with E-state index in [1.807, 2.05) is 16.9 Å². The molecule has 0 radical (unpaired) electrons. The summed E-state index contributed by atoms with van der Waals surface area (Å²) in [7, 11) is 0. The number of hydrogen-bond acceptors (Lipinski definition) is 2. The fourth-order valence-electron chi connectivity index (χ4n) is 2.43. The van der Waals surface area contributed by atoms with Crippen molar-refractivity contribution in [2.24, 2.45) is 0 Å². The first-order chi connectivity index (χ1) is 9.99. The lowest BCUT2D eigenvalue weighted by atomic mass is 10.0. The van der Waals surface area contributed by atoms with Crippen LogP contribution < -0.4 is 0 Å². The second-order valence-corrected chi connectivity index (χ2v) is 6.03. The minimum atomic E-state index is -0.382. The quantitative estimate of drug-likeness (QED) is 0.881. The molecule has 2 rings (SSSR count). The van der Waals surface area contributed by atoms with Gasteiger partial charge in [-0.3, -0.25) is 4.68 Å². The maximum Gasteiger partial charge on any atom is 0.0650 e. The molecule has 3 nitrogen and oxygen atoms in total. The topological polar surface area (TPSA) is 38.0 Å². The summed E-state index contributed by atoms with van der Waals surface area (Å²) in [5.41, 5.74) is 4.72. The number of aliphatic hydroxyl groups is 1. The molecule has 2 atom stereocenters. The lowest BCUT2D eigenvalue weighted by Crippen LogP contribution is -2.15. The number of aliphatic hydroxyl groups excluding tert-OH is 1. The van der Waals surface area contributed by atoms with E-state index >= 15 is 0 Å². The Morgan fingerprint density at radius 1 is 1.14 bits per heavy atom. The van der Waals surface area contributed by atoms with Crippen LogP contribution in [0.5, 0.6) is 0 Å². The summed E-state index contributed by atoms with van der Waals surface area (Å²) in [4.78, 5) is 0. The smallest absolute Gasteiger partial charge is 0.0650 e. The molecule has 21 heavy (non-hydrogen) atoms. The molecule has 0 saturated heterocycles. The van der Waals surface area contributed by atoms with Crippen molar-refractivity contribution >= 4 is 0 Å². The van der Waals surface area contributed by atoms with E-state index in [1.165, 1.54) is 16.7 Å². The zero-order chi connectivity index (χ0) is 15.4. The van der Waals surface area contributed by atoms with Crippen LogP contribution >= 0.6 is 0 Å². The summed E-state index contributed by atoms with van der Waals surface area (Å²) in [6.45, 7) is 8.53. The van der Waals surface area contributed by atoms with Gasteiger partial charge in [-0.1, -0.05) is 25.1 Å². The van der Waals surface area contributed by atoms with E-state index in [4.69, 9.17) is 0 Å². The molecule has 1 aromatic heterocycles. The first kappa shape index (κ1) is 15.8. The van der Waals surface area contributed by atoms with Crippen LogP contribution in [0.1, 0.15) is 48.7 Å². The number of nitrogens with zero attached hydrogens (tertiary/aromatic N) is 2. The van der Waals surface area contributed by atoms with Gasteiger partial charge in [0.05, 0.1) is 11.8 Å². The van der Waals surface area contributed by atoms with Crippen molar-refractivity contribution in [3.05, 3.63) is 52.8 Å². The predicted molar refractivity (Wildman–Crippen MR) is 86.6 cm³/mol. The Hall–Kier alpha value is -1.61. The average Bonchev–Trinajstić information content (AvgIpc) is 2.90. The predicted octanol–water partition coefficient (Wildman–Crippen LogP) is 3.62. The summed E-state index contributed by atoms with van der Waals surface area (Å²) in [6.07, 6.45) is 3.97. The molecule has 0 saturated carbocycles. The summed E-state index contributed by atoms with van der Waals surface area (Å²) in [5, 5.41) is 14.8. The molecule has 3 heteroatoms. The van der Waals surface area contributed by atoms with E-state index in [2.05, 4.69) is 51.0 Å². The van der Waals surface area contributed by atoms with Crippen molar-refractivity contribution in [2.75, 3.05) is 0 Å². The van der Waals surface area contributed by atoms with E-state index in [0.29, 0.717) is 18.9 Å². The van der Waals surface area contributed by atoms with E-state index in [-0.39, 0.29) is 6.10 Å². The molecule has 114 valence electrons. The van der Waals surface area contributed by atoms with Gasteiger partial charge < -0.3 is 5.11 Å². The van der Waals surface area contributed by atoms with Gasteiger partial charge in [0, 0.05) is 18.7 Å². The zero-order valence-corrected chi connectivity index (χ0v) is 13.5. The van der Waals surface area contributed by atoms with Crippen LogP contribution in [-0.4, -0.2) is 21.0 Å². The van der Waals surface area contributed by atoms with E-state index in [0.717, 1.165) is 12.1 Å².